The van der Waals surface area contributed by atoms with Crippen LogP contribution in [0.4, 0.5) is 11.6 Å². The van der Waals surface area contributed by atoms with E-state index in [0.29, 0.717) is 26.6 Å². The first kappa shape index (κ1) is 20.1. The van der Waals surface area contributed by atoms with Crippen molar-refractivity contribution < 1.29 is 9.21 Å². The predicted octanol–water partition coefficient (Wildman–Crippen LogP) is 3.38. The number of nitrogens with zero attached hydrogens (tertiary/aromatic N) is 4. The highest BCUT2D eigenvalue weighted by Crippen LogP contribution is 2.26. The Bertz CT molecular complexity index is 1020. The van der Waals surface area contributed by atoms with Gasteiger partial charge in [0.25, 0.3) is 5.95 Å². The lowest BCUT2D eigenvalue weighted by Gasteiger charge is -2.07. The van der Waals surface area contributed by atoms with E-state index in [1.807, 2.05) is 13.0 Å². The van der Waals surface area contributed by atoms with Gasteiger partial charge >= 0.3 is 0 Å². The van der Waals surface area contributed by atoms with Gasteiger partial charge in [0.05, 0.1) is 22.7 Å². The molecule has 0 aliphatic carbocycles. The minimum absolute atomic E-state index is 0.0588. The first-order chi connectivity index (χ1) is 13.4. The van der Waals surface area contributed by atoms with Crippen molar-refractivity contribution >= 4 is 58.7 Å². The normalized spacial score (nSPS) is 11.1. The number of amides is 1. The Morgan fingerprint density at radius 1 is 1.36 bits per heavy atom. The van der Waals surface area contributed by atoms with Crippen LogP contribution in [-0.4, -0.2) is 32.7 Å². The molecule has 146 valence electrons. The van der Waals surface area contributed by atoms with Crippen LogP contribution in [0.3, 0.4) is 0 Å². The molecule has 0 fully saturated rings. The highest BCUT2D eigenvalue weighted by molar-refractivity contribution is 7.99. The highest BCUT2D eigenvalue weighted by Gasteiger charge is 2.13. The molecule has 0 spiro atoms. The van der Waals surface area contributed by atoms with E-state index in [1.165, 1.54) is 10.9 Å². The fraction of sp³-hybridized carbons (Fsp3) is 0.125. The van der Waals surface area contributed by atoms with E-state index in [1.54, 1.807) is 24.3 Å². The Morgan fingerprint density at radius 3 is 2.89 bits per heavy atom. The number of nitrogens with two attached hydrogens (primary N) is 1. The van der Waals surface area contributed by atoms with Crippen LogP contribution in [0.15, 0.2) is 45.0 Å². The van der Waals surface area contributed by atoms with Crippen LogP contribution >= 0.6 is 35.0 Å². The summed E-state index contributed by atoms with van der Waals surface area (Å²) in [5.74, 6) is 7.26. The van der Waals surface area contributed by atoms with Gasteiger partial charge in [0.2, 0.25) is 11.1 Å². The Balaban J connectivity index is 1.53. The quantitative estimate of drug-likeness (QED) is 0.223. The molecule has 0 bridgehead atoms. The van der Waals surface area contributed by atoms with Crippen molar-refractivity contribution in [2.24, 2.45) is 5.10 Å². The summed E-state index contributed by atoms with van der Waals surface area (Å²) >= 11 is 13.0. The van der Waals surface area contributed by atoms with Crippen molar-refractivity contribution in [3.63, 3.8) is 0 Å². The maximum Gasteiger partial charge on any atom is 0.264 e. The van der Waals surface area contributed by atoms with Gasteiger partial charge in [-0.2, -0.15) is 5.10 Å². The van der Waals surface area contributed by atoms with Crippen LogP contribution in [0, 0.1) is 6.92 Å². The van der Waals surface area contributed by atoms with Gasteiger partial charge in [-0.05, 0) is 37.3 Å². The molecule has 0 saturated heterocycles. The Morgan fingerprint density at radius 2 is 2.18 bits per heavy atom. The number of hydrazone groups is 1. The molecule has 28 heavy (non-hydrogen) atoms. The molecular formula is C16H15Cl2N7O2S. The second-order valence-electron chi connectivity index (χ2n) is 5.46. The van der Waals surface area contributed by atoms with E-state index < -0.39 is 0 Å². The second-order valence-corrected chi connectivity index (χ2v) is 7.24. The summed E-state index contributed by atoms with van der Waals surface area (Å²) in [6, 6.07) is 8.41. The average molecular weight is 440 g/mol. The number of nitrogen functional groups attached to an aromatic ring is 1. The number of hydrogen-bond acceptors (Lipinski definition) is 8. The lowest BCUT2D eigenvalue weighted by Crippen LogP contribution is -2.17. The van der Waals surface area contributed by atoms with E-state index in [2.05, 4.69) is 26.0 Å². The summed E-state index contributed by atoms with van der Waals surface area (Å²) in [5, 5.41) is 15.6. The van der Waals surface area contributed by atoms with Gasteiger partial charge < -0.3 is 15.6 Å². The predicted molar refractivity (Wildman–Crippen MR) is 111 cm³/mol. The largest absolute Gasteiger partial charge is 0.460 e. The minimum Gasteiger partial charge on any atom is -0.460 e. The lowest BCUT2D eigenvalue weighted by molar-refractivity contribution is -0.113. The zero-order chi connectivity index (χ0) is 20.1. The van der Waals surface area contributed by atoms with Crippen LogP contribution in [0.5, 0.6) is 0 Å². The number of furan rings is 1. The molecule has 0 unspecified atom stereocenters. The Labute approximate surface area is 174 Å². The SMILES string of the molecule is Cc1ccc(/C=N/Nc2nnc(SCC(=O)Nc3ccc(Cl)cc3Cl)n2N)o1. The van der Waals surface area contributed by atoms with E-state index in [4.69, 9.17) is 33.5 Å². The number of anilines is 2. The summed E-state index contributed by atoms with van der Waals surface area (Å²) in [5.41, 5.74) is 3.13. The van der Waals surface area contributed by atoms with Crippen molar-refractivity contribution in [3.05, 3.63) is 51.9 Å². The monoisotopic (exact) mass is 439 g/mol. The molecule has 0 aliphatic heterocycles. The molecule has 1 amide bonds. The average Bonchev–Trinajstić information content (AvgIpc) is 3.22. The number of rotatable bonds is 7. The third-order valence-electron chi connectivity index (χ3n) is 3.32. The van der Waals surface area contributed by atoms with Crippen LogP contribution in [0.2, 0.25) is 10.0 Å². The Hall–Kier alpha value is -2.69. The third kappa shape index (κ3) is 5.18. The Kier molecular flexibility index (Phi) is 6.45. The number of aromatic nitrogens is 3. The van der Waals surface area contributed by atoms with Crippen molar-refractivity contribution in [1.29, 1.82) is 0 Å². The fourth-order valence-electron chi connectivity index (χ4n) is 2.04. The van der Waals surface area contributed by atoms with Gasteiger partial charge in [-0.3, -0.25) is 4.79 Å². The van der Waals surface area contributed by atoms with Crippen molar-refractivity contribution in [3.8, 4) is 0 Å². The molecule has 12 heteroatoms. The topological polar surface area (TPSA) is 123 Å². The van der Waals surface area contributed by atoms with E-state index >= 15 is 0 Å². The first-order valence-corrected chi connectivity index (χ1v) is 9.60. The summed E-state index contributed by atoms with van der Waals surface area (Å²) in [7, 11) is 0. The van der Waals surface area contributed by atoms with Gasteiger partial charge in [-0.15, -0.1) is 10.2 Å². The zero-order valence-corrected chi connectivity index (χ0v) is 16.8. The number of benzene rings is 1. The third-order valence-corrected chi connectivity index (χ3v) is 4.81. The van der Waals surface area contributed by atoms with Crippen LogP contribution in [0.25, 0.3) is 0 Å². The standard InChI is InChI=1S/C16H15Cl2N7O2S/c1-9-2-4-11(27-9)7-20-22-15-23-24-16(25(15)19)28-8-14(26)21-13-5-3-10(17)6-12(13)18/h2-7H,8,19H2,1H3,(H,21,26)(H,22,23)/b20-7+. The van der Waals surface area contributed by atoms with Gasteiger partial charge in [0.1, 0.15) is 11.5 Å². The summed E-state index contributed by atoms with van der Waals surface area (Å²) in [4.78, 5) is 12.1. The molecule has 4 N–H and O–H groups in total. The van der Waals surface area contributed by atoms with Crippen molar-refractivity contribution in [1.82, 2.24) is 14.9 Å². The summed E-state index contributed by atoms with van der Waals surface area (Å²) < 4.78 is 6.55. The lowest BCUT2D eigenvalue weighted by atomic mass is 10.3. The van der Waals surface area contributed by atoms with Gasteiger partial charge in [0, 0.05) is 5.02 Å². The number of carbonyl (C=O) groups is 1. The van der Waals surface area contributed by atoms with Crippen LogP contribution in [-0.2, 0) is 4.79 Å². The van der Waals surface area contributed by atoms with E-state index in [-0.39, 0.29) is 17.6 Å². The van der Waals surface area contributed by atoms with Gasteiger partial charge in [0.15, 0.2) is 0 Å². The molecule has 3 aromatic rings. The van der Waals surface area contributed by atoms with Gasteiger partial charge in [-0.25, -0.2) is 10.1 Å². The molecule has 3 rings (SSSR count). The fourth-order valence-corrected chi connectivity index (χ4v) is 3.15. The molecule has 2 aromatic heterocycles. The minimum atomic E-state index is -0.280. The second kappa shape index (κ2) is 9.00. The number of hydrogen-bond donors (Lipinski definition) is 3. The van der Waals surface area contributed by atoms with Crippen LogP contribution in [0.1, 0.15) is 11.5 Å². The summed E-state index contributed by atoms with van der Waals surface area (Å²) in [6.07, 6.45) is 1.48. The molecule has 0 saturated carbocycles. The van der Waals surface area contributed by atoms with Crippen LogP contribution < -0.4 is 16.6 Å². The zero-order valence-electron chi connectivity index (χ0n) is 14.5. The maximum absolute atomic E-state index is 12.1. The van der Waals surface area contributed by atoms with Crippen molar-refractivity contribution in [2.45, 2.75) is 12.1 Å². The van der Waals surface area contributed by atoms with Gasteiger partial charge in [-0.1, -0.05) is 35.0 Å². The number of thioether (sulfide) groups is 1. The molecular weight excluding hydrogens is 425 g/mol. The molecule has 9 nitrogen and oxygen atoms in total. The number of aryl methyl sites for hydroxylation is 1. The first-order valence-electron chi connectivity index (χ1n) is 7.86. The van der Waals surface area contributed by atoms with E-state index in [9.17, 15) is 4.79 Å². The van der Waals surface area contributed by atoms with E-state index in [0.717, 1.165) is 17.5 Å². The van der Waals surface area contributed by atoms with Crippen molar-refractivity contribution in [2.75, 3.05) is 22.3 Å². The number of carbonyl (C=O) groups excluding carboxylic acids is 1. The molecule has 0 atom stereocenters. The maximum atomic E-state index is 12.1. The smallest absolute Gasteiger partial charge is 0.264 e. The number of halogens is 2. The molecule has 0 aliphatic rings. The highest BCUT2D eigenvalue weighted by atomic mass is 35.5. The molecule has 0 radical (unpaired) electrons. The number of nitrogens with one attached hydrogen (secondary N) is 2. The molecule has 1 aromatic carbocycles. The summed E-state index contributed by atoms with van der Waals surface area (Å²) in [6.45, 7) is 1.84. The molecule has 2 heterocycles.